The van der Waals surface area contributed by atoms with E-state index in [0.717, 1.165) is 10.8 Å². The van der Waals surface area contributed by atoms with Gasteiger partial charge in [0.25, 0.3) is 0 Å². The maximum Gasteiger partial charge on any atom is 0.327 e. The van der Waals surface area contributed by atoms with Crippen LogP contribution in [0, 0.1) is 0 Å². The SMILES string of the molecule is N[C@@H](CC(=O)N[C@@H](CC(=O)N[C@@H](CSSCCO)C(=O)O)C(=O)O)C(=O)O. The van der Waals surface area contributed by atoms with E-state index in [1.54, 1.807) is 0 Å². The Morgan fingerprint density at radius 3 is 1.81 bits per heavy atom. The molecular weight excluding hydrogens is 406 g/mol. The highest BCUT2D eigenvalue weighted by atomic mass is 33.1. The zero-order valence-electron chi connectivity index (χ0n) is 14.0. The second kappa shape index (κ2) is 13.2. The maximum atomic E-state index is 11.9. The summed E-state index contributed by atoms with van der Waals surface area (Å²) in [6.07, 6.45) is -1.43. The summed E-state index contributed by atoms with van der Waals surface area (Å²) in [6.45, 7) is -0.0900. The van der Waals surface area contributed by atoms with Crippen LogP contribution in [0.5, 0.6) is 0 Å². The van der Waals surface area contributed by atoms with Gasteiger partial charge in [-0.05, 0) is 0 Å². The van der Waals surface area contributed by atoms with Gasteiger partial charge in [-0.25, -0.2) is 9.59 Å². The first-order chi connectivity index (χ1) is 12.6. The van der Waals surface area contributed by atoms with Gasteiger partial charge >= 0.3 is 17.9 Å². The fourth-order valence-electron chi connectivity index (χ4n) is 1.57. The zero-order chi connectivity index (χ0) is 21.0. The van der Waals surface area contributed by atoms with Crippen molar-refractivity contribution in [3.63, 3.8) is 0 Å². The predicted octanol–water partition coefficient (Wildman–Crippen LogP) is -2.31. The van der Waals surface area contributed by atoms with Crippen LogP contribution in [0.4, 0.5) is 0 Å². The van der Waals surface area contributed by atoms with Crippen molar-refractivity contribution in [3.8, 4) is 0 Å². The summed E-state index contributed by atoms with van der Waals surface area (Å²) in [6, 6.07) is -4.50. The van der Waals surface area contributed by atoms with Gasteiger partial charge in [0.15, 0.2) is 0 Å². The first-order valence-electron chi connectivity index (χ1n) is 7.46. The van der Waals surface area contributed by atoms with Crippen molar-refractivity contribution in [2.45, 2.75) is 31.0 Å². The number of aliphatic hydroxyl groups excluding tert-OH is 1. The summed E-state index contributed by atoms with van der Waals surface area (Å²) in [4.78, 5) is 56.4. The fourth-order valence-corrected chi connectivity index (χ4v) is 3.49. The van der Waals surface area contributed by atoms with E-state index in [9.17, 15) is 24.0 Å². The summed E-state index contributed by atoms with van der Waals surface area (Å²) < 4.78 is 0. The smallest absolute Gasteiger partial charge is 0.327 e. The number of nitrogens with two attached hydrogens (primary N) is 1. The number of aliphatic hydroxyl groups is 1. The van der Waals surface area contributed by atoms with E-state index in [1.807, 2.05) is 5.32 Å². The van der Waals surface area contributed by atoms with Crippen molar-refractivity contribution in [1.82, 2.24) is 10.6 Å². The van der Waals surface area contributed by atoms with Crippen molar-refractivity contribution in [2.75, 3.05) is 18.1 Å². The molecule has 2 amide bonds. The minimum absolute atomic E-state index is 0.0245. The van der Waals surface area contributed by atoms with Crippen LogP contribution in [0.25, 0.3) is 0 Å². The molecule has 0 aliphatic heterocycles. The number of hydrogen-bond acceptors (Lipinski definition) is 9. The topological polar surface area (TPSA) is 216 Å². The van der Waals surface area contributed by atoms with E-state index < -0.39 is 60.7 Å². The molecule has 0 fully saturated rings. The number of rotatable bonds is 14. The molecule has 0 saturated carbocycles. The number of amides is 2. The molecule has 0 saturated heterocycles. The molecular formula is C13H21N3O9S2. The molecule has 0 aromatic rings. The Balaban J connectivity index is 4.67. The van der Waals surface area contributed by atoms with Gasteiger partial charge in [0, 0.05) is 11.5 Å². The van der Waals surface area contributed by atoms with E-state index >= 15 is 0 Å². The number of hydrogen-bond donors (Lipinski definition) is 7. The Hall–Kier alpha value is -2.03. The van der Waals surface area contributed by atoms with Crippen LogP contribution < -0.4 is 16.4 Å². The van der Waals surface area contributed by atoms with Crippen LogP contribution in [0.1, 0.15) is 12.8 Å². The molecule has 0 unspecified atom stereocenters. The van der Waals surface area contributed by atoms with Gasteiger partial charge in [0.2, 0.25) is 11.8 Å². The minimum Gasteiger partial charge on any atom is -0.480 e. The van der Waals surface area contributed by atoms with E-state index in [2.05, 4.69) is 5.32 Å². The molecule has 0 aromatic heterocycles. The van der Waals surface area contributed by atoms with Crippen molar-refractivity contribution >= 4 is 51.3 Å². The molecule has 0 heterocycles. The third-order valence-electron chi connectivity index (χ3n) is 2.87. The number of carboxylic acid groups (broad SMARTS) is 3. The first-order valence-corrected chi connectivity index (χ1v) is 9.95. The fraction of sp³-hybridized carbons (Fsp3) is 0.615. The Bertz CT molecular complexity index is 561. The predicted molar refractivity (Wildman–Crippen MR) is 96.0 cm³/mol. The molecule has 0 aliphatic rings. The van der Waals surface area contributed by atoms with Crippen molar-refractivity contribution in [1.29, 1.82) is 0 Å². The largest absolute Gasteiger partial charge is 0.480 e. The minimum atomic E-state index is -1.68. The molecule has 27 heavy (non-hydrogen) atoms. The summed E-state index contributed by atoms with van der Waals surface area (Å²) in [5, 5.41) is 39.5. The third-order valence-corrected chi connectivity index (χ3v) is 5.26. The van der Waals surface area contributed by atoms with Gasteiger partial charge in [0.1, 0.15) is 18.1 Å². The molecule has 0 bridgehead atoms. The van der Waals surface area contributed by atoms with E-state index in [0.29, 0.717) is 5.75 Å². The molecule has 14 heteroatoms. The Morgan fingerprint density at radius 2 is 1.33 bits per heavy atom. The molecule has 0 spiro atoms. The third kappa shape index (κ3) is 11.3. The maximum absolute atomic E-state index is 11.9. The number of carbonyl (C=O) groups is 5. The average molecular weight is 427 g/mol. The highest BCUT2D eigenvalue weighted by Crippen LogP contribution is 2.21. The van der Waals surface area contributed by atoms with Crippen molar-refractivity contribution in [2.24, 2.45) is 5.73 Å². The number of carboxylic acids is 3. The summed E-state index contributed by atoms with van der Waals surface area (Å²) >= 11 is 0. The van der Waals surface area contributed by atoms with Crippen LogP contribution in [-0.4, -0.2) is 86.4 Å². The van der Waals surface area contributed by atoms with Gasteiger partial charge in [-0.2, -0.15) is 0 Å². The monoisotopic (exact) mass is 427 g/mol. The van der Waals surface area contributed by atoms with Crippen molar-refractivity contribution < 1.29 is 44.4 Å². The summed E-state index contributed by atoms with van der Waals surface area (Å²) in [7, 11) is 2.31. The standard InChI is InChI=1S/C13H21N3O9S2/c14-6(11(20)21)3-9(18)15-7(12(22)23)4-10(19)16-8(13(24)25)5-27-26-2-1-17/h6-8,17H,1-5,14H2,(H,15,18)(H,16,19)(H,20,21)(H,22,23)(H,24,25)/t6-,7-,8-/m0/s1. The van der Waals surface area contributed by atoms with Crippen LogP contribution in [0.3, 0.4) is 0 Å². The summed E-state index contributed by atoms with van der Waals surface area (Å²) in [5.74, 6) is -5.89. The van der Waals surface area contributed by atoms with Crippen molar-refractivity contribution in [3.05, 3.63) is 0 Å². The Kier molecular flexibility index (Phi) is 12.2. The lowest BCUT2D eigenvalue weighted by Crippen LogP contribution is -2.49. The lowest BCUT2D eigenvalue weighted by Gasteiger charge is -2.18. The molecule has 0 rings (SSSR count). The molecule has 3 atom stereocenters. The molecule has 12 nitrogen and oxygen atoms in total. The van der Waals surface area contributed by atoms with Gasteiger partial charge in [-0.3, -0.25) is 14.4 Å². The molecule has 0 aliphatic carbocycles. The van der Waals surface area contributed by atoms with Crippen LogP contribution in [0.2, 0.25) is 0 Å². The van der Waals surface area contributed by atoms with Gasteiger partial charge in [-0.15, -0.1) is 0 Å². The average Bonchev–Trinajstić information content (AvgIpc) is 2.56. The number of carbonyl (C=O) groups excluding carboxylic acids is 2. The van der Waals surface area contributed by atoms with Crippen LogP contribution in [0.15, 0.2) is 0 Å². The second-order valence-corrected chi connectivity index (χ2v) is 7.73. The lowest BCUT2D eigenvalue weighted by atomic mass is 10.1. The normalized spacial score (nSPS) is 13.9. The Labute approximate surface area is 161 Å². The number of nitrogens with one attached hydrogen (secondary N) is 2. The van der Waals surface area contributed by atoms with Gasteiger partial charge in [-0.1, -0.05) is 21.6 Å². The summed E-state index contributed by atoms with van der Waals surface area (Å²) in [5.41, 5.74) is 5.17. The second-order valence-electron chi connectivity index (χ2n) is 5.10. The highest BCUT2D eigenvalue weighted by Gasteiger charge is 2.27. The van der Waals surface area contributed by atoms with Crippen LogP contribution >= 0.6 is 21.6 Å². The van der Waals surface area contributed by atoms with E-state index in [1.165, 1.54) is 10.8 Å². The van der Waals surface area contributed by atoms with Gasteiger partial charge in [0.05, 0.1) is 19.4 Å². The Morgan fingerprint density at radius 1 is 0.815 bits per heavy atom. The van der Waals surface area contributed by atoms with Crippen LogP contribution in [-0.2, 0) is 24.0 Å². The molecule has 0 aromatic carbocycles. The van der Waals surface area contributed by atoms with Gasteiger partial charge < -0.3 is 36.8 Å². The molecule has 154 valence electrons. The molecule has 8 N–H and O–H groups in total. The first kappa shape index (κ1) is 25.0. The highest BCUT2D eigenvalue weighted by molar-refractivity contribution is 8.76. The van der Waals surface area contributed by atoms with E-state index in [4.69, 9.17) is 26.2 Å². The van der Waals surface area contributed by atoms with E-state index in [-0.39, 0.29) is 12.4 Å². The molecule has 0 radical (unpaired) electrons. The zero-order valence-corrected chi connectivity index (χ0v) is 15.6. The number of aliphatic carboxylic acids is 3. The lowest BCUT2D eigenvalue weighted by molar-refractivity contribution is -0.144. The quantitative estimate of drug-likeness (QED) is 0.115.